The second-order valence-electron chi connectivity index (χ2n) is 5.76. The van der Waals surface area contributed by atoms with E-state index in [1.165, 1.54) is 6.92 Å². The van der Waals surface area contributed by atoms with Gasteiger partial charge in [-0.3, -0.25) is 9.59 Å². The molecule has 0 atom stereocenters. The van der Waals surface area contributed by atoms with E-state index in [-0.39, 0.29) is 11.8 Å². The van der Waals surface area contributed by atoms with Gasteiger partial charge in [0.1, 0.15) is 0 Å². The Kier molecular flexibility index (Phi) is 4.45. The number of aromatic nitrogens is 2. The van der Waals surface area contributed by atoms with Gasteiger partial charge in [0.2, 0.25) is 11.7 Å². The average Bonchev–Trinajstić information content (AvgIpc) is 3.05. The fourth-order valence-electron chi connectivity index (χ4n) is 2.68. The molecule has 0 aliphatic carbocycles. The van der Waals surface area contributed by atoms with Crippen LogP contribution in [0.15, 0.2) is 28.8 Å². The van der Waals surface area contributed by atoms with E-state index in [9.17, 15) is 9.59 Å². The number of aliphatic carboxylic acids is 1. The lowest BCUT2D eigenvalue weighted by molar-refractivity contribution is -0.142. The summed E-state index contributed by atoms with van der Waals surface area (Å²) >= 11 is 0. The molecule has 1 fully saturated rings. The maximum absolute atomic E-state index is 11.0. The molecule has 0 spiro atoms. The molecule has 0 bridgehead atoms. The van der Waals surface area contributed by atoms with E-state index >= 15 is 0 Å². The van der Waals surface area contributed by atoms with Gasteiger partial charge >= 0.3 is 12.0 Å². The first-order valence-electron chi connectivity index (χ1n) is 7.72. The lowest BCUT2D eigenvalue weighted by atomic mass is 9.97. The van der Waals surface area contributed by atoms with Crippen molar-refractivity contribution in [1.82, 2.24) is 10.1 Å². The molecule has 1 amide bonds. The van der Waals surface area contributed by atoms with Crippen LogP contribution in [0.2, 0.25) is 0 Å². The van der Waals surface area contributed by atoms with E-state index in [0.29, 0.717) is 43.5 Å². The molecular weight excluding hydrogens is 312 g/mol. The van der Waals surface area contributed by atoms with Crippen LogP contribution in [-0.2, 0) is 9.59 Å². The number of hydrogen-bond acceptors (Lipinski definition) is 6. The van der Waals surface area contributed by atoms with E-state index in [0.717, 1.165) is 5.56 Å². The fraction of sp³-hybridized carbons (Fsp3) is 0.375. The van der Waals surface area contributed by atoms with Crippen molar-refractivity contribution >= 4 is 23.6 Å². The quantitative estimate of drug-likeness (QED) is 0.882. The van der Waals surface area contributed by atoms with Gasteiger partial charge in [0.25, 0.3) is 0 Å². The van der Waals surface area contributed by atoms with Crippen molar-refractivity contribution in [2.75, 3.05) is 23.3 Å². The van der Waals surface area contributed by atoms with Crippen molar-refractivity contribution in [1.29, 1.82) is 0 Å². The summed E-state index contributed by atoms with van der Waals surface area (Å²) in [6.07, 6.45) is 1.14. The lowest BCUT2D eigenvalue weighted by Gasteiger charge is -2.28. The number of carboxylic acid groups (broad SMARTS) is 1. The van der Waals surface area contributed by atoms with Crippen LogP contribution in [0, 0.1) is 5.92 Å². The highest BCUT2D eigenvalue weighted by Gasteiger charge is 2.27. The van der Waals surface area contributed by atoms with Crippen LogP contribution in [0.5, 0.6) is 0 Å². The molecular formula is C16H18N4O4. The number of carboxylic acids is 1. The van der Waals surface area contributed by atoms with E-state index in [2.05, 4.69) is 15.5 Å². The summed E-state index contributed by atoms with van der Waals surface area (Å²) in [5.41, 5.74) is 1.48. The number of hydrogen-bond donors (Lipinski definition) is 2. The fourth-order valence-corrected chi connectivity index (χ4v) is 2.68. The third-order valence-corrected chi connectivity index (χ3v) is 3.99. The van der Waals surface area contributed by atoms with E-state index in [4.69, 9.17) is 9.63 Å². The number of nitrogens with zero attached hydrogens (tertiary/aromatic N) is 3. The van der Waals surface area contributed by atoms with E-state index in [1.807, 2.05) is 4.90 Å². The molecule has 24 heavy (non-hydrogen) atoms. The van der Waals surface area contributed by atoms with Gasteiger partial charge in [-0.15, -0.1) is 0 Å². The van der Waals surface area contributed by atoms with E-state index < -0.39 is 5.97 Å². The third kappa shape index (κ3) is 3.53. The molecule has 2 N–H and O–H groups in total. The van der Waals surface area contributed by atoms with Crippen molar-refractivity contribution in [3.63, 3.8) is 0 Å². The second kappa shape index (κ2) is 6.69. The predicted octanol–water partition coefficient (Wildman–Crippen LogP) is 2.00. The third-order valence-electron chi connectivity index (χ3n) is 3.99. The Morgan fingerprint density at radius 2 is 1.92 bits per heavy atom. The first-order valence-corrected chi connectivity index (χ1v) is 7.72. The van der Waals surface area contributed by atoms with Crippen LogP contribution in [0.1, 0.15) is 19.8 Å². The summed E-state index contributed by atoms with van der Waals surface area (Å²) in [7, 11) is 0. The number of carbonyl (C=O) groups excluding carboxylic acids is 1. The molecule has 126 valence electrons. The molecule has 0 radical (unpaired) electrons. The topological polar surface area (TPSA) is 109 Å². The first-order chi connectivity index (χ1) is 11.5. The summed E-state index contributed by atoms with van der Waals surface area (Å²) in [6, 6.07) is 7.54. The van der Waals surface area contributed by atoms with Crippen molar-refractivity contribution in [2.45, 2.75) is 19.8 Å². The summed E-state index contributed by atoms with van der Waals surface area (Å²) in [5.74, 6) is -0.723. The molecule has 0 saturated carbocycles. The number of anilines is 2. The molecule has 2 aromatic rings. The van der Waals surface area contributed by atoms with Crippen molar-refractivity contribution in [3.8, 4) is 11.4 Å². The monoisotopic (exact) mass is 330 g/mol. The maximum atomic E-state index is 11.0. The Labute approximate surface area is 138 Å². The van der Waals surface area contributed by atoms with Crippen LogP contribution >= 0.6 is 0 Å². The molecule has 1 aromatic carbocycles. The molecule has 2 heterocycles. The van der Waals surface area contributed by atoms with Gasteiger partial charge in [0.05, 0.1) is 5.92 Å². The molecule has 1 aromatic heterocycles. The zero-order chi connectivity index (χ0) is 17.1. The van der Waals surface area contributed by atoms with Gasteiger partial charge in [-0.25, -0.2) is 0 Å². The normalized spacial score (nSPS) is 15.3. The van der Waals surface area contributed by atoms with Crippen LogP contribution in [-0.4, -0.2) is 40.2 Å². The van der Waals surface area contributed by atoms with Gasteiger partial charge < -0.3 is 19.8 Å². The van der Waals surface area contributed by atoms with Gasteiger partial charge in [-0.2, -0.15) is 4.98 Å². The number of carbonyl (C=O) groups is 2. The Hall–Kier alpha value is -2.90. The van der Waals surface area contributed by atoms with Crippen LogP contribution < -0.4 is 10.2 Å². The standard InChI is InChI=1S/C16H18N4O4/c1-10(21)17-13-4-2-11(3-5-13)14-18-16(24-19-14)20-8-6-12(7-9-20)15(22)23/h2-5,12H,6-9H2,1H3,(H,17,21)(H,22,23). The Bertz CT molecular complexity index is 733. The van der Waals surface area contributed by atoms with Gasteiger partial charge in [0, 0.05) is 31.3 Å². The molecule has 0 unspecified atom stereocenters. The number of amides is 1. The zero-order valence-electron chi connectivity index (χ0n) is 13.2. The Balaban J connectivity index is 1.67. The van der Waals surface area contributed by atoms with Crippen LogP contribution in [0.3, 0.4) is 0 Å². The smallest absolute Gasteiger partial charge is 0.324 e. The minimum Gasteiger partial charge on any atom is -0.481 e. The average molecular weight is 330 g/mol. The minimum absolute atomic E-state index is 0.130. The zero-order valence-corrected chi connectivity index (χ0v) is 13.2. The van der Waals surface area contributed by atoms with Crippen molar-refractivity contribution in [3.05, 3.63) is 24.3 Å². The SMILES string of the molecule is CC(=O)Nc1ccc(-c2noc(N3CCC(C(=O)O)CC3)n2)cc1. The highest BCUT2D eigenvalue weighted by Crippen LogP contribution is 2.25. The molecule has 8 nitrogen and oxygen atoms in total. The Morgan fingerprint density at radius 1 is 1.25 bits per heavy atom. The van der Waals surface area contributed by atoms with Crippen molar-refractivity contribution in [2.24, 2.45) is 5.92 Å². The summed E-state index contributed by atoms with van der Waals surface area (Å²) in [4.78, 5) is 28.3. The number of rotatable bonds is 4. The second-order valence-corrected chi connectivity index (χ2v) is 5.76. The van der Waals surface area contributed by atoms with Gasteiger partial charge in [0.15, 0.2) is 0 Å². The maximum Gasteiger partial charge on any atom is 0.324 e. The summed E-state index contributed by atoms with van der Waals surface area (Å²) in [6.45, 7) is 2.62. The highest BCUT2D eigenvalue weighted by atomic mass is 16.5. The molecule has 3 rings (SSSR count). The molecule has 1 aliphatic heterocycles. The number of nitrogens with one attached hydrogen (secondary N) is 1. The lowest BCUT2D eigenvalue weighted by Crippen LogP contribution is -2.36. The summed E-state index contributed by atoms with van der Waals surface area (Å²) < 4.78 is 5.30. The molecule has 1 saturated heterocycles. The number of benzene rings is 1. The largest absolute Gasteiger partial charge is 0.481 e. The predicted molar refractivity (Wildman–Crippen MR) is 86.6 cm³/mol. The van der Waals surface area contributed by atoms with E-state index in [1.54, 1.807) is 24.3 Å². The first kappa shape index (κ1) is 16.0. The minimum atomic E-state index is -0.750. The van der Waals surface area contributed by atoms with Crippen LogP contribution in [0.4, 0.5) is 11.7 Å². The van der Waals surface area contributed by atoms with Crippen molar-refractivity contribution < 1.29 is 19.2 Å². The van der Waals surface area contributed by atoms with Gasteiger partial charge in [-0.1, -0.05) is 5.16 Å². The van der Waals surface area contributed by atoms with Crippen LogP contribution in [0.25, 0.3) is 11.4 Å². The Morgan fingerprint density at radius 3 is 2.50 bits per heavy atom. The molecule has 8 heteroatoms. The highest BCUT2D eigenvalue weighted by molar-refractivity contribution is 5.88. The van der Waals surface area contributed by atoms with Gasteiger partial charge in [-0.05, 0) is 37.1 Å². The summed E-state index contributed by atoms with van der Waals surface area (Å²) in [5, 5.41) is 15.7. The molecule has 1 aliphatic rings. The number of piperidine rings is 1.